The Bertz CT molecular complexity index is 307. The van der Waals surface area contributed by atoms with E-state index in [0.717, 1.165) is 26.2 Å². The molecule has 0 aromatic heterocycles. The topological polar surface area (TPSA) is 20.2 Å². The van der Waals surface area contributed by atoms with Crippen LogP contribution in [-0.2, 0) is 0 Å². The van der Waals surface area contributed by atoms with E-state index in [4.69, 9.17) is 0 Å². The van der Waals surface area contributed by atoms with Crippen LogP contribution in [0.3, 0.4) is 0 Å². The van der Waals surface area contributed by atoms with Gasteiger partial charge in [0.15, 0.2) is 5.60 Å². The zero-order valence-electron chi connectivity index (χ0n) is 13.3. The van der Waals surface area contributed by atoms with Crippen molar-refractivity contribution in [3.63, 3.8) is 0 Å². The lowest BCUT2D eigenvalue weighted by molar-refractivity contribution is -0.259. The second kappa shape index (κ2) is 6.25. The lowest BCUT2D eigenvalue weighted by atomic mass is 9.64. The van der Waals surface area contributed by atoms with Gasteiger partial charge in [-0.3, -0.25) is 0 Å². The number of aliphatic hydroxyl groups is 1. The molecule has 4 atom stereocenters. The van der Waals surface area contributed by atoms with E-state index in [9.17, 15) is 18.3 Å². The van der Waals surface area contributed by atoms with Gasteiger partial charge >= 0.3 is 6.18 Å². The Balaban J connectivity index is 2.73. The van der Waals surface area contributed by atoms with Gasteiger partial charge in [0.2, 0.25) is 0 Å². The van der Waals surface area contributed by atoms with E-state index in [1.807, 2.05) is 0 Å². The van der Waals surface area contributed by atoms with E-state index in [-0.39, 0.29) is 12.3 Å². The summed E-state index contributed by atoms with van der Waals surface area (Å²) in [5.41, 5.74) is -2.55. The first-order valence-electron chi connectivity index (χ1n) is 7.74. The SMILES string of the molecule is CC(C)C1CCC(CC(C)(O)C(F)(F)F)CC1C(C)C. The van der Waals surface area contributed by atoms with Gasteiger partial charge in [0.25, 0.3) is 0 Å². The van der Waals surface area contributed by atoms with Gasteiger partial charge in [-0.25, -0.2) is 0 Å². The molecule has 0 radical (unpaired) electrons. The molecule has 1 nitrogen and oxygen atoms in total. The normalized spacial score (nSPS) is 31.6. The van der Waals surface area contributed by atoms with Gasteiger partial charge < -0.3 is 5.11 Å². The summed E-state index contributed by atoms with van der Waals surface area (Å²) in [4.78, 5) is 0. The van der Waals surface area contributed by atoms with Crippen LogP contribution >= 0.6 is 0 Å². The smallest absolute Gasteiger partial charge is 0.381 e. The van der Waals surface area contributed by atoms with Crippen molar-refractivity contribution in [1.82, 2.24) is 0 Å². The predicted octanol–water partition coefficient (Wildman–Crippen LogP) is 5.03. The van der Waals surface area contributed by atoms with Gasteiger partial charge in [0.05, 0.1) is 0 Å². The molecule has 1 aliphatic carbocycles. The number of hydrogen-bond acceptors (Lipinski definition) is 1. The van der Waals surface area contributed by atoms with E-state index in [1.165, 1.54) is 0 Å². The van der Waals surface area contributed by atoms with Crippen molar-refractivity contribution in [1.29, 1.82) is 0 Å². The molecule has 1 aliphatic rings. The Morgan fingerprint density at radius 3 is 1.90 bits per heavy atom. The maximum absolute atomic E-state index is 12.8. The van der Waals surface area contributed by atoms with Crippen molar-refractivity contribution in [2.45, 2.75) is 72.1 Å². The molecule has 120 valence electrons. The van der Waals surface area contributed by atoms with Crippen molar-refractivity contribution in [2.24, 2.45) is 29.6 Å². The van der Waals surface area contributed by atoms with E-state index in [1.54, 1.807) is 0 Å². The molecule has 0 spiro atoms. The fraction of sp³-hybridized carbons (Fsp3) is 1.00. The molecule has 0 bridgehead atoms. The van der Waals surface area contributed by atoms with Crippen LogP contribution in [0.4, 0.5) is 13.2 Å². The third-order valence-corrected chi connectivity index (χ3v) is 5.07. The van der Waals surface area contributed by atoms with Crippen LogP contribution in [-0.4, -0.2) is 16.9 Å². The molecule has 1 N–H and O–H groups in total. The first-order valence-corrected chi connectivity index (χ1v) is 7.74. The van der Waals surface area contributed by atoms with Gasteiger partial charge in [0.1, 0.15) is 0 Å². The molecular formula is C16H29F3O. The Kier molecular flexibility index (Phi) is 5.56. The van der Waals surface area contributed by atoms with Crippen LogP contribution in [0.15, 0.2) is 0 Å². The van der Waals surface area contributed by atoms with Crippen LogP contribution < -0.4 is 0 Å². The Morgan fingerprint density at radius 2 is 1.50 bits per heavy atom. The first kappa shape index (κ1) is 17.8. The lowest BCUT2D eigenvalue weighted by Crippen LogP contribution is -2.45. The Hall–Kier alpha value is -0.250. The van der Waals surface area contributed by atoms with Crippen molar-refractivity contribution in [2.75, 3.05) is 0 Å². The molecule has 0 heterocycles. The van der Waals surface area contributed by atoms with E-state index in [2.05, 4.69) is 27.7 Å². The monoisotopic (exact) mass is 294 g/mol. The third kappa shape index (κ3) is 4.12. The molecule has 0 amide bonds. The summed E-state index contributed by atoms with van der Waals surface area (Å²) in [6.07, 6.45) is -2.09. The first-order chi connectivity index (χ1) is 8.95. The van der Waals surface area contributed by atoms with Crippen LogP contribution in [0.5, 0.6) is 0 Å². The highest BCUT2D eigenvalue weighted by atomic mass is 19.4. The Labute approximate surface area is 120 Å². The fourth-order valence-corrected chi connectivity index (χ4v) is 3.78. The molecule has 0 aromatic rings. The molecule has 20 heavy (non-hydrogen) atoms. The largest absolute Gasteiger partial charge is 0.416 e. The number of halogens is 3. The van der Waals surface area contributed by atoms with Gasteiger partial charge in [0, 0.05) is 0 Å². The summed E-state index contributed by atoms with van der Waals surface area (Å²) in [7, 11) is 0. The van der Waals surface area contributed by atoms with Crippen LogP contribution in [0.1, 0.15) is 60.3 Å². The van der Waals surface area contributed by atoms with Crippen LogP contribution in [0.2, 0.25) is 0 Å². The highest BCUT2D eigenvalue weighted by Crippen LogP contribution is 2.46. The molecule has 1 fully saturated rings. The zero-order valence-corrected chi connectivity index (χ0v) is 13.3. The summed E-state index contributed by atoms with van der Waals surface area (Å²) in [5.74, 6) is 2.11. The maximum atomic E-state index is 12.8. The summed E-state index contributed by atoms with van der Waals surface area (Å²) in [6, 6.07) is 0. The number of alkyl halides is 3. The van der Waals surface area contributed by atoms with E-state index >= 15 is 0 Å². The average Bonchev–Trinajstić information content (AvgIpc) is 2.26. The predicted molar refractivity (Wildman–Crippen MR) is 75.3 cm³/mol. The van der Waals surface area contributed by atoms with Crippen LogP contribution in [0, 0.1) is 29.6 Å². The zero-order chi connectivity index (χ0) is 15.7. The highest BCUT2D eigenvalue weighted by Gasteiger charge is 2.51. The fourth-order valence-electron chi connectivity index (χ4n) is 3.78. The summed E-state index contributed by atoms with van der Waals surface area (Å²) < 4.78 is 38.4. The minimum atomic E-state index is -4.53. The summed E-state index contributed by atoms with van der Waals surface area (Å²) in [5, 5.41) is 9.68. The highest BCUT2D eigenvalue weighted by molar-refractivity contribution is 4.89. The lowest BCUT2D eigenvalue weighted by Gasteiger charge is -2.42. The number of hydrogen-bond donors (Lipinski definition) is 1. The van der Waals surface area contributed by atoms with Gasteiger partial charge in [-0.15, -0.1) is 0 Å². The van der Waals surface area contributed by atoms with E-state index in [0.29, 0.717) is 23.7 Å². The van der Waals surface area contributed by atoms with Gasteiger partial charge in [-0.1, -0.05) is 34.1 Å². The molecule has 0 aliphatic heterocycles. The molecule has 4 heteroatoms. The maximum Gasteiger partial charge on any atom is 0.416 e. The second-order valence-corrected chi connectivity index (χ2v) is 7.47. The van der Waals surface area contributed by atoms with Gasteiger partial charge in [-0.2, -0.15) is 13.2 Å². The van der Waals surface area contributed by atoms with Crippen molar-refractivity contribution < 1.29 is 18.3 Å². The average molecular weight is 294 g/mol. The van der Waals surface area contributed by atoms with Crippen molar-refractivity contribution >= 4 is 0 Å². The van der Waals surface area contributed by atoms with Crippen molar-refractivity contribution in [3.8, 4) is 0 Å². The Morgan fingerprint density at radius 1 is 1.00 bits per heavy atom. The standard InChI is InChI=1S/C16H29F3O/c1-10(2)13-7-6-12(8-14(13)11(3)4)9-15(5,20)16(17,18)19/h10-14,20H,6-9H2,1-5H3. The quantitative estimate of drug-likeness (QED) is 0.770. The summed E-state index contributed by atoms with van der Waals surface area (Å²) in [6.45, 7) is 9.62. The minimum Gasteiger partial charge on any atom is -0.381 e. The number of rotatable bonds is 4. The van der Waals surface area contributed by atoms with Gasteiger partial charge in [-0.05, 0) is 55.8 Å². The van der Waals surface area contributed by atoms with Crippen molar-refractivity contribution in [3.05, 3.63) is 0 Å². The minimum absolute atomic E-state index is 0.0194. The molecule has 1 rings (SSSR count). The molecule has 0 aromatic carbocycles. The molecule has 1 saturated carbocycles. The third-order valence-electron chi connectivity index (χ3n) is 5.07. The second-order valence-electron chi connectivity index (χ2n) is 7.47. The molecular weight excluding hydrogens is 265 g/mol. The van der Waals surface area contributed by atoms with E-state index < -0.39 is 11.8 Å². The summed E-state index contributed by atoms with van der Waals surface area (Å²) >= 11 is 0. The molecule has 0 saturated heterocycles. The van der Waals surface area contributed by atoms with Crippen LogP contribution in [0.25, 0.3) is 0 Å². The molecule has 4 unspecified atom stereocenters.